The summed E-state index contributed by atoms with van der Waals surface area (Å²) in [5.41, 5.74) is 4.07. The van der Waals surface area contributed by atoms with Crippen molar-refractivity contribution in [2.45, 2.75) is 12.3 Å². The van der Waals surface area contributed by atoms with Gasteiger partial charge in [0.2, 0.25) is 0 Å². The fraction of sp³-hybridized carbons (Fsp3) is 0.143. The minimum Gasteiger partial charge on any atom is -0.463 e. The maximum absolute atomic E-state index is 13.1. The highest BCUT2D eigenvalue weighted by Gasteiger charge is 2.57. The summed E-state index contributed by atoms with van der Waals surface area (Å²) in [4.78, 5) is 17.8. The van der Waals surface area contributed by atoms with Gasteiger partial charge in [-0.3, -0.25) is 0 Å². The minimum atomic E-state index is -0.760. The van der Waals surface area contributed by atoms with Crippen molar-refractivity contribution in [3.63, 3.8) is 0 Å². The lowest BCUT2D eigenvalue weighted by atomic mass is 9.71. The number of ether oxygens (including phenoxy) is 1. The number of carbonyl (C=O) groups excluding carboxylic acids is 1. The number of benzene rings is 2. The average Bonchev–Trinajstić information content (AvgIpc) is 3.08. The van der Waals surface area contributed by atoms with Gasteiger partial charge in [0.25, 0.3) is 0 Å². The SMILES string of the molecule is CCOC(=O)C1=C(I)N=C(I)[C@]12C(c1ccc(Cl)cc1)=C(I)c1ccccc12. The average molecular weight is 728 g/mol. The lowest BCUT2D eigenvalue weighted by Crippen LogP contribution is -2.36. The molecule has 1 aliphatic carbocycles. The van der Waals surface area contributed by atoms with Gasteiger partial charge in [0.05, 0.1) is 15.9 Å². The maximum atomic E-state index is 13.1. The quantitative estimate of drug-likeness (QED) is 0.195. The number of aliphatic imine (C=N–C) groups is 1. The smallest absolute Gasteiger partial charge is 0.338 e. The van der Waals surface area contributed by atoms with E-state index in [9.17, 15) is 4.79 Å². The molecule has 0 unspecified atom stereocenters. The van der Waals surface area contributed by atoms with Crippen molar-refractivity contribution in [3.8, 4) is 0 Å². The Morgan fingerprint density at radius 2 is 1.79 bits per heavy atom. The van der Waals surface area contributed by atoms with E-state index in [4.69, 9.17) is 21.3 Å². The summed E-state index contributed by atoms with van der Waals surface area (Å²) in [5, 5.41) is 0.675. The van der Waals surface area contributed by atoms with Gasteiger partial charge in [0, 0.05) is 8.60 Å². The Balaban J connectivity index is 2.08. The molecule has 0 saturated carbocycles. The van der Waals surface area contributed by atoms with Crippen LogP contribution in [0.25, 0.3) is 9.15 Å². The predicted octanol–water partition coefficient (Wildman–Crippen LogP) is 6.95. The summed E-state index contributed by atoms with van der Waals surface area (Å²) in [6, 6.07) is 16.0. The van der Waals surface area contributed by atoms with E-state index in [0.29, 0.717) is 20.9 Å². The standard InChI is InChI=1S/C21H13ClI3NO2/c1-2-28-19(27)16-18(24)26-20(25)21(16)14-6-4-3-5-13(14)17(23)15(21)11-7-9-12(22)10-8-11/h3-10H,2H2,1H3/t21-/m1/s1. The highest BCUT2D eigenvalue weighted by Crippen LogP contribution is 2.61. The van der Waals surface area contributed by atoms with Crippen LogP contribution < -0.4 is 0 Å². The monoisotopic (exact) mass is 727 g/mol. The molecule has 1 spiro atoms. The first-order valence-electron chi connectivity index (χ1n) is 8.51. The molecule has 28 heavy (non-hydrogen) atoms. The molecule has 2 aromatic rings. The molecule has 0 fully saturated rings. The second-order valence-electron chi connectivity index (χ2n) is 6.28. The zero-order chi connectivity index (χ0) is 20.1. The predicted molar refractivity (Wildman–Crippen MR) is 140 cm³/mol. The molecule has 0 aromatic heterocycles. The van der Waals surface area contributed by atoms with Crippen molar-refractivity contribution in [2.24, 2.45) is 4.99 Å². The zero-order valence-corrected chi connectivity index (χ0v) is 21.8. The number of esters is 1. The fourth-order valence-corrected chi connectivity index (χ4v) is 7.50. The van der Waals surface area contributed by atoms with Crippen molar-refractivity contribution in [1.82, 2.24) is 0 Å². The van der Waals surface area contributed by atoms with Gasteiger partial charge in [-0.1, -0.05) is 48.0 Å². The molecular weight excluding hydrogens is 714 g/mol. The fourth-order valence-electron chi connectivity index (χ4n) is 3.79. The largest absolute Gasteiger partial charge is 0.463 e. The number of fused-ring (bicyclic) bond motifs is 2. The first kappa shape index (κ1) is 20.8. The molecule has 1 aliphatic heterocycles. The molecule has 0 radical (unpaired) electrons. The Morgan fingerprint density at radius 1 is 1.11 bits per heavy atom. The van der Waals surface area contributed by atoms with Crippen LogP contribution in [0.15, 0.2) is 62.8 Å². The maximum Gasteiger partial charge on any atom is 0.338 e. The second kappa shape index (κ2) is 7.99. The number of allylic oxidation sites excluding steroid dienone is 1. The number of nitrogens with zero attached hydrogens (tertiary/aromatic N) is 1. The third-order valence-electron chi connectivity index (χ3n) is 4.86. The summed E-state index contributed by atoms with van der Waals surface area (Å²) in [6.07, 6.45) is 0. The first-order chi connectivity index (χ1) is 13.4. The van der Waals surface area contributed by atoms with Crippen LogP contribution in [0.4, 0.5) is 0 Å². The van der Waals surface area contributed by atoms with Crippen molar-refractivity contribution in [3.05, 3.63) is 79.5 Å². The van der Waals surface area contributed by atoms with Crippen molar-refractivity contribution >= 4 is 98.2 Å². The molecule has 0 amide bonds. The number of halogens is 4. The van der Waals surface area contributed by atoms with Crippen molar-refractivity contribution in [2.75, 3.05) is 6.61 Å². The third kappa shape index (κ3) is 3.01. The topological polar surface area (TPSA) is 38.7 Å². The summed E-state index contributed by atoms with van der Waals surface area (Å²) in [5.74, 6) is -0.324. The lowest BCUT2D eigenvalue weighted by Gasteiger charge is -2.31. The van der Waals surface area contributed by atoms with E-state index in [1.807, 2.05) is 43.3 Å². The van der Waals surface area contributed by atoms with Gasteiger partial charge in [0.15, 0.2) is 0 Å². The lowest BCUT2D eigenvalue weighted by molar-refractivity contribution is -0.138. The molecule has 0 N–H and O–H groups in total. The summed E-state index contributed by atoms with van der Waals surface area (Å²) < 4.78 is 8.09. The number of carbonyl (C=O) groups is 1. The van der Waals surface area contributed by atoms with E-state index in [1.165, 1.54) is 0 Å². The van der Waals surface area contributed by atoms with E-state index in [1.54, 1.807) is 0 Å². The molecule has 2 aromatic carbocycles. The van der Waals surface area contributed by atoms with Crippen LogP contribution in [0, 0.1) is 0 Å². The Labute approximate surface area is 209 Å². The van der Waals surface area contributed by atoms with Crippen LogP contribution in [0.1, 0.15) is 23.6 Å². The van der Waals surface area contributed by atoms with Crippen LogP contribution in [0.3, 0.4) is 0 Å². The summed E-state index contributed by atoms with van der Waals surface area (Å²) in [6.45, 7) is 2.14. The zero-order valence-electron chi connectivity index (χ0n) is 14.6. The third-order valence-corrected chi connectivity index (χ3v) is 8.06. The van der Waals surface area contributed by atoms with Gasteiger partial charge >= 0.3 is 5.97 Å². The van der Waals surface area contributed by atoms with Gasteiger partial charge in [-0.2, -0.15) is 0 Å². The van der Waals surface area contributed by atoms with Crippen LogP contribution in [-0.4, -0.2) is 16.3 Å². The highest BCUT2D eigenvalue weighted by molar-refractivity contribution is 14.1. The molecule has 142 valence electrons. The molecule has 7 heteroatoms. The Hall–Kier alpha value is -0.460. The molecule has 0 saturated heterocycles. The summed E-state index contributed by atoms with van der Waals surface area (Å²) in [7, 11) is 0. The van der Waals surface area contributed by atoms with E-state index in [0.717, 1.165) is 29.6 Å². The Bertz CT molecular complexity index is 1090. The van der Waals surface area contributed by atoms with Gasteiger partial charge in [-0.25, -0.2) is 9.79 Å². The molecule has 2 aliphatic rings. The van der Waals surface area contributed by atoms with E-state index < -0.39 is 5.41 Å². The van der Waals surface area contributed by atoms with Crippen LogP contribution in [-0.2, 0) is 14.9 Å². The second-order valence-corrected chi connectivity index (χ2v) is 9.84. The first-order valence-corrected chi connectivity index (χ1v) is 12.1. The number of hydrogen-bond acceptors (Lipinski definition) is 3. The van der Waals surface area contributed by atoms with Gasteiger partial charge in [-0.05, 0) is 109 Å². The minimum absolute atomic E-state index is 0.317. The van der Waals surface area contributed by atoms with Crippen molar-refractivity contribution < 1.29 is 9.53 Å². The normalized spacial score (nSPS) is 20.7. The summed E-state index contributed by atoms with van der Waals surface area (Å²) >= 11 is 12.9. The van der Waals surface area contributed by atoms with Crippen LogP contribution in [0.5, 0.6) is 0 Å². The van der Waals surface area contributed by atoms with E-state index in [-0.39, 0.29) is 5.97 Å². The Morgan fingerprint density at radius 3 is 2.46 bits per heavy atom. The Kier molecular flexibility index (Phi) is 5.94. The number of rotatable bonds is 3. The van der Waals surface area contributed by atoms with Gasteiger partial charge in [-0.15, -0.1) is 0 Å². The molecule has 4 rings (SSSR count). The molecule has 1 atom stereocenters. The number of hydrogen-bond donors (Lipinski definition) is 0. The van der Waals surface area contributed by atoms with Crippen LogP contribution in [0.2, 0.25) is 5.02 Å². The molecule has 1 heterocycles. The molecule has 3 nitrogen and oxygen atoms in total. The molecular formula is C21H13ClI3NO2. The molecule has 0 bridgehead atoms. The van der Waals surface area contributed by atoms with Crippen molar-refractivity contribution in [1.29, 1.82) is 0 Å². The van der Waals surface area contributed by atoms with E-state index >= 15 is 0 Å². The van der Waals surface area contributed by atoms with E-state index in [2.05, 4.69) is 79.9 Å². The van der Waals surface area contributed by atoms with Gasteiger partial charge < -0.3 is 4.74 Å². The highest BCUT2D eigenvalue weighted by atomic mass is 127. The van der Waals surface area contributed by atoms with Gasteiger partial charge in [0.1, 0.15) is 9.12 Å². The van der Waals surface area contributed by atoms with Crippen LogP contribution >= 0.6 is 79.4 Å².